The molecule has 21 heavy (non-hydrogen) atoms. The Labute approximate surface area is 118 Å². The van der Waals surface area contributed by atoms with Gasteiger partial charge in [0.2, 0.25) is 5.90 Å². The van der Waals surface area contributed by atoms with Crippen molar-refractivity contribution in [3.63, 3.8) is 0 Å². The van der Waals surface area contributed by atoms with Crippen LogP contribution in [0.25, 0.3) is 6.08 Å². The zero-order valence-corrected chi connectivity index (χ0v) is 10.6. The standard InChI is InChI=1S/C14H8N2O5/c17-14-11(8-10-6-7-12(20-10)16(18)19)15-13(21-14)9-4-2-1-3-5-9/h1-8H/b11-8-. The average Bonchev–Trinajstić information content (AvgIpc) is 3.08. The maximum Gasteiger partial charge on any atom is 0.433 e. The first-order valence-electron chi connectivity index (χ1n) is 5.96. The van der Waals surface area contributed by atoms with E-state index in [9.17, 15) is 14.9 Å². The van der Waals surface area contributed by atoms with E-state index in [0.29, 0.717) is 5.56 Å². The van der Waals surface area contributed by atoms with E-state index in [2.05, 4.69) is 4.99 Å². The number of esters is 1. The molecule has 1 aliphatic heterocycles. The van der Waals surface area contributed by atoms with E-state index in [1.807, 2.05) is 6.07 Å². The van der Waals surface area contributed by atoms with Gasteiger partial charge in [-0.05, 0) is 18.2 Å². The maximum atomic E-state index is 11.7. The van der Waals surface area contributed by atoms with Crippen LogP contribution in [0.1, 0.15) is 11.3 Å². The van der Waals surface area contributed by atoms with Crippen molar-refractivity contribution in [1.82, 2.24) is 0 Å². The number of hydrogen-bond acceptors (Lipinski definition) is 6. The molecule has 2 heterocycles. The molecule has 0 spiro atoms. The lowest BCUT2D eigenvalue weighted by Gasteiger charge is -1.97. The summed E-state index contributed by atoms with van der Waals surface area (Å²) >= 11 is 0. The summed E-state index contributed by atoms with van der Waals surface area (Å²) in [6.07, 6.45) is 1.30. The van der Waals surface area contributed by atoms with E-state index in [0.717, 1.165) is 0 Å². The molecule has 0 atom stereocenters. The Morgan fingerprint density at radius 3 is 2.57 bits per heavy atom. The SMILES string of the molecule is O=C1OC(c2ccccc2)=N/C1=C\c1ccc([N+](=O)[O-])o1. The number of nitrogens with zero attached hydrogens (tertiary/aromatic N) is 2. The van der Waals surface area contributed by atoms with Crippen LogP contribution in [0.3, 0.4) is 0 Å². The first-order chi connectivity index (χ1) is 10.1. The number of carbonyl (C=O) groups is 1. The Kier molecular flexibility index (Phi) is 3.07. The highest BCUT2D eigenvalue weighted by Gasteiger charge is 2.24. The van der Waals surface area contributed by atoms with Gasteiger partial charge in [0.05, 0.1) is 6.07 Å². The van der Waals surface area contributed by atoms with E-state index in [1.165, 1.54) is 18.2 Å². The maximum absolute atomic E-state index is 11.7. The fraction of sp³-hybridized carbons (Fsp3) is 0. The van der Waals surface area contributed by atoms with Gasteiger partial charge in [0.1, 0.15) is 10.7 Å². The minimum atomic E-state index is -0.659. The Morgan fingerprint density at radius 1 is 1.14 bits per heavy atom. The minimum Gasteiger partial charge on any atom is -0.402 e. The third-order valence-corrected chi connectivity index (χ3v) is 2.71. The van der Waals surface area contributed by atoms with Gasteiger partial charge in [-0.1, -0.05) is 18.2 Å². The molecule has 7 heteroatoms. The largest absolute Gasteiger partial charge is 0.433 e. The van der Waals surface area contributed by atoms with Crippen molar-refractivity contribution in [2.24, 2.45) is 4.99 Å². The molecule has 0 bridgehead atoms. The molecule has 1 aliphatic rings. The molecule has 0 saturated carbocycles. The molecule has 0 saturated heterocycles. The number of rotatable bonds is 3. The highest BCUT2D eigenvalue weighted by atomic mass is 16.6. The van der Waals surface area contributed by atoms with Crippen molar-refractivity contribution < 1.29 is 18.9 Å². The van der Waals surface area contributed by atoms with Crippen molar-refractivity contribution in [1.29, 1.82) is 0 Å². The third kappa shape index (κ3) is 2.57. The Hall–Kier alpha value is -3.22. The van der Waals surface area contributed by atoms with Crippen LogP contribution in [0.4, 0.5) is 5.88 Å². The van der Waals surface area contributed by atoms with Crippen LogP contribution >= 0.6 is 0 Å². The number of aliphatic imine (C=N–C) groups is 1. The van der Waals surface area contributed by atoms with E-state index < -0.39 is 16.8 Å². The monoisotopic (exact) mass is 284 g/mol. The lowest BCUT2D eigenvalue weighted by atomic mass is 10.2. The van der Waals surface area contributed by atoms with E-state index in [-0.39, 0.29) is 17.4 Å². The summed E-state index contributed by atoms with van der Waals surface area (Å²) < 4.78 is 10.00. The van der Waals surface area contributed by atoms with Crippen LogP contribution in [0.2, 0.25) is 0 Å². The normalized spacial score (nSPS) is 15.9. The third-order valence-electron chi connectivity index (χ3n) is 2.71. The molecule has 0 fully saturated rings. The second kappa shape index (κ2) is 5.04. The average molecular weight is 284 g/mol. The lowest BCUT2D eigenvalue weighted by Crippen LogP contribution is -2.04. The summed E-state index contributed by atoms with van der Waals surface area (Å²) in [5, 5.41) is 10.5. The van der Waals surface area contributed by atoms with Crippen molar-refractivity contribution >= 4 is 23.8 Å². The van der Waals surface area contributed by atoms with Gasteiger partial charge < -0.3 is 9.15 Å². The summed E-state index contributed by atoms with van der Waals surface area (Å²) in [7, 11) is 0. The molecule has 3 rings (SSSR count). The number of furan rings is 1. The second-order valence-corrected chi connectivity index (χ2v) is 4.14. The highest BCUT2D eigenvalue weighted by molar-refractivity contribution is 6.12. The van der Waals surface area contributed by atoms with Crippen molar-refractivity contribution in [3.8, 4) is 0 Å². The van der Waals surface area contributed by atoms with Gasteiger partial charge in [-0.2, -0.15) is 0 Å². The van der Waals surface area contributed by atoms with Crippen LogP contribution in [0, 0.1) is 10.1 Å². The minimum absolute atomic E-state index is 0.0260. The Bertz CT molecular complexity index is 774. The van der Waals surface area contributed by atoms with Crippen LogP contribution < -0.4 is 0 Å². The molecule has 1 aromatic heterocycles. The molecule has 0 amide bonds. The molecule has 0 aliphatic carbocycles. The summed E-state index contributed by atoms with van der Waals surface area (Å²) in [5.74, 6) is -0.687. The van der Waals surface area contributed by atoms with Gasteiger partial charge in [-0.3, -0.25) is 10.1 Å². The van der Waals surface area contributed by atoms with Gasteiger partial charge in [-0.25, -0.2) is 9.79 Å². The molecular formula is C14H8N2O5. The number of ether oxygens (including phenoxy) is 1. The van der Waals surface area contributed by atoms with Crippen LogP contribution in [-0.2, 0) is 9.53 Å². The lowest BCUT2D eigenvalue weighted by molar-refractivity contribution is -0.402. The van der Waals surface area contributed by atoms with Crippen LogP contribution in [0.5, 0.6) is 0 Å². The predicted octanol–water partition coefficient (Wildman–Crippen LogP) is 2.53. The van der Waals surface area contributed by atoms with Crippen LogP contribution in [0.15, 0.2) is 57.6 Å². The van der Waals surface area contributed by atoms with Crippen molar-refractivity contribution in [2.45, 2.75) is 0 Å². The molecule has 1 aromatic carbocycles. The van der Waals surface area contributed by atoms with Gasteiger partial charge >= 0.3 is 11.9 Å². The number of carbonyl (C=O) groups excluding carboxylic acids is 1. The molecule has 0 N–H and O–H groups in total. The molecule has 104 valence electrons. The van der Waals surface area contributed by atoms with Crippen molar-refractivity contribution in [2.75, 3.05) is 0 Å². The fourth-order valence-corrected chi connectivity index (χ4v) is 1.77. The van der Waals surface area contributed by atoms with E-state index >= 15 is 0 Å². The number of cyclic esters (lactones) is 1. The number of hydrogen-bond donors (Lipinski definition) is 0. The fourth-order valence-electron chi connectivity index (χ4n) is 1.77. The molecular weight excluding hydrogens is 276 g/mol. The Balaban J connectivity index is 1.91. The highest BCUT2D eigenvalue weighted by Crippen LogP contribution is 2.22. The quantitative estimate of drug-likeness (QED) is 0.373. The zero-order valence-electron chi connectivity index (χ0n) is 10.6. The molecule has 7 nitrogen and oxygen atoms in total. The van der Waals surface area contributed by atoms with Crippen molar-refractivity contribution in [3.05, 3.63) is 69.6 Å². The van der Waals surface area contributed by atoms with Gasteiger partial charge in [-0.15, -0.1) is 0 Å². The van der Waals surface area contributed by atoms with E-state index in [4.69, 9.17) is 9.15 Å². The summed E-state index contributed by atoms with van der Waals surface area (Å²) in [6, 6.07) is 11.5. The number of nitro groups is 1. The predicted molar refractivity (Wildman–Crippen MR) is 72.4 cm³/mol. The summed E-state index contributed by atoms with van der Waals surface area (Å²) in [4.78, 5) is 25.7. The zero-order chi connectivity index (χ0) is 14.8. The summed E-state index contributed by atoms with van der Waals surface area (Å²) in [5.41, 5.74) is 0.692. The van der Waals surface area contributed by atoms with E-state index in [1.54, 1.807) is 24.3 Å². The van der Waals surface area contributed by atoms with Gasteiger partial charge in [0, 0.05) is 11.6 Å². The molecule has 2 aromatic rings. The van der Waals surface area contributed by atoms with Gasteiger partial charge in [0.15, 0.2) is 5.70 Å². The summed E-state index contributed by atoms with van der Waals surface area (Å²) in [6.45, 7) is 0. The smallest absolute Gasteiger partial charge is 0.402 e. The van der Waals surface area contributed by atoms with Gasteiger partial charge in [0.25, 0.3) is 0 Å². The first-order valence-corrected chi connectivity index (χ1v) is 5.96. The molecule has 0 radical (unpaired) electrons. The molecule has 0 unspecified atom stereocenters. The number of benzene rings is 1. The van der Waals surface area contributed by atoms with Crippen LogP contribution in [-0.4, -0.2) is 16.8 Å². The second-order valence-electron chi connectivity index (χ2n) is 4.14. The topological polar surface area (TPSA) is 94.9 Å². The first kappa shape index (κ1) is 12.8. The Morgan fingerprint density at radius 2 is 1.90 bits per heavy atom.